The first-order chi connectivity index (χ1) is 18.1. The Hall–Kier alpha value is -4.09. The molecule has 9 nitrogen and oxygen atoms in total. The van der Waals surface area contributed by atoms with Crippen LogP contribution in [0.1, 0.15) is 5.82 Å². The van der Waals surface area contributed by atoms with Gasteiger partial charge in [-0.25, -0.2) is 0 Å². The highest BCUT2D eigenvalue weighted by Crippen LogP contribution is 2.30. The Kier molecular flexibility index (Phi) is 7.24. The van der Waals surface area contributed by atoms with Crippen molar-refractivity contribution in [2.45, 2.75) is 11.7 Å². The van der Waals surface area contributed by atoms with Gasteiger partial charge in [0.05, 0.1) is 42.4 Å². The molecule has 2 aromatic heterocycles. The normalized spacial score (nSPS) is 11.0. The van der Waals surface area contributed by atoms with E-state index in [4.69, 9.17) is 9.47 Å². The maximum atomic E-state index is 12.8. The minimum atomic E-state index is -0.224. The molecule has 0 aliphatic heterocycles. The molecule has 0 atom stereocenters. The van der Waals surface area contributed by atoms with Crippen LogP contribution in [0.5, 0.6) is 11.5 Å². The fourth-order valence-corrected chi connectivity index (χ4v) is 5.52. The molecule has 0 spiro atoms. The van der Waals surface area contributed by atoms with Gasteiger partial charge >= 0.3 is 4.87 Å². The molecule has 1 amide bonds. The lowest BCUT2D eigenvalue weighted by atomic mass is 10.2. The quantitative estimate of drug-likeness (QED) is 0.280. The van der Waals surface area contributed by atoms with Gasteiger partial charge in [-0.1, -0.05) is 53.4 Å². The molecule has 0 aliphatic rings. The molecule has 11 heteroatoms. The second kappa shape index (κ2) is 10.9. The van der Waals surface area contributed by atoms with Gasteiger partial charge in [-0.15, -0.1) is 10.2 Å². The fraction of sp³-hybridized carbons (Fsp3) is 0.154. The maximum absolute atomic E-state index is 12.8. The number of hydrogen-bond donors (Lipinski definition) is 1. The SMILES string of the molecule is COc1ccc(NC(=O)CSc2nnc(Cn3c(=O)sc4ccccc43)n2-c2ccccc2)c(OC)c1. The monoisotopic (exact) mass is 533 g/mol. The average Bonchev–Trinajstić information content (AvgIpc) is 3.48. The number of thioether (sulfide) groups is 1. The first-order valence-electron chi connectivity index (χ1n) is 11.3. The molecule has 0 saturated heterocycles. The molecular formula is C26H23N5O4S2. The third kappa shape index (κ3) is 5.23. The number of aromatic nitrogens is 4. The topological polar surface area (TPSA) is 100 Å². The minimum Gasteiger partial charge on any atom is -0.497 e. The lowest BCUT2D eigenvalue weighted by Crippen LogP contribution is -2.17. The Labute approximate surface area is 220 Å². The summed E-state index contributed by atoms with van der Waals surface area (Å²) in [5.41, 5.74) is 2.24. The van der Waals surface area contributed by atoms with Crippen LogP contribution in [0.15, 0.2) is 82.7 Å². The number of amides is 1. The van der Waals surface area contributed by atoms with Gasteiger partial charge in [-0.3, -0.25) is 18.7 Å². The van der Waals surface area contributed by atoms with Gasteiger partial charge < -0.3 is 14.8 Å². The second-order valence-corrected chi connectivity index (χ2v) is 9.83. The molecule has 3 aromatic carbocycles. The summed E-state index contributed by atoms with van der Waals surface area (Å²) >= 11 is 2.46. The minimum absolute atomic E-state index is 0.0640. The molecule has 5 rings (SSSR count). The summed E-state index contributed by atoms with van der Waals surface area (Å²) in [7, 11) is 3.10. The van der Waals surface area contributed by atoms with Gasteiger partial charge in [0.15, 0.2) is 11.0 Å². The summed E-state index contributed by atoms with van der Waals surface area (Å²) in [5.74, 6) is 1.60. The Balaban J connectivity index is 1.40. The van der Waals surface area contributed by atoms with Crippen molar-refractivity contribution < 1.29 is 14.3 Å². The highest BCUT2D eigenvalue weighted by Gasteiger charge is 2.19. The molecule has 0 radical (unpaired) electrons. The van der Waals surface area contributed by atoms with Crippen molar-refractivity contribution in [3.63, 3.8) is 0 Å². The summed E-state index contributed by atoms with van der Waals surface area (Å²) in [4.78, 5) is 25.5. The van der Waals surface area contributed by atoms with Gasteiger partial charge in [-0.2, -0.15) is 0 Å². The zero-order chi connectivity index (χ0) is 25.8. The average molecular weight is 534 g/mol. The Morgan fingerprint density at radius 3 is 2.57 bits per heavy atom. The van der Waals surface area contributed by atoms with Crippen molar-refractivity contribution >= 4 is 44.9 Å². The number of nitrogens with zero attached hydrogens (tertiary/aromatic N) is 4. The smallest absolute Gasteiger partial charge is 0.308 e. The van der Waals surface area contributed by atoms with E-state index in [0.29, 0.717) is 28.2 Å². The predicted molar refractivity (Wildman–Crippen MR) is 145 cm³/mol. The number of carbonyl (C=O) groups is 1. The molecule has 188 valence electrons. The van der Waals surface area contributed by atoms with E-state index in [0.717, 1.165) is 15.9 Å². The van der Waals surface area contributed by atoms with Crippen molar-refractivity contribution in [2.75, 3.05) is 25.3 Å². The number of benzene rings is 3. The third-order valence-corrected chi connectivity index (χ3v) is 7.49. The first kappa shape index (κ1) is 24.6. The Morgan fingerprint density at radius 2 is 1.78 bits per heavy atom. The fourth-order valence-electron chi connectivity index (χ4n) is 3.86. The molecule has 0 fully saturated rings. The molecule has 0 aliphatic carbocycles. The summed E-state index contributed by atoms with van der Waals surface area (Å²) in [6.07, 6.45) is 0. The zero-order valence-electron chi connectivity index (χ0n) is 20.1. The molecule has 5 aromatic rings. The number of nitrogens with one attached hydrogen (secondary N) is 1. The molecule has 0 unspecified atom stereocenters. The summed E-state index contributed by atoms with van der Waals surface area (Å²) in [6, 6.07) is 22.5. The standard InChI is InChI=1S/C26H23N5O4S2/c1-34-18-12-13-19(21(14-18)35-2)27-24(32)16-36-25-29-28-23(31(25)17-8-4-3-5-9-17)15-30-20-10-6-7-11-22(20)37-26(30)33/h3-14H,15-16H2,1-2H3,(H,27,32). The van der Waals surface area contributed by atoms with Gasteiger partial charge in [0.25, 0.3) is 0 Å². The second-order valence-electron chi connectivity index (χ2n) is 7.89. The number of carbonyl (C=O) groups excluding carboxylic acids is 1. The highest BCUT2D eigenvalue weighted by atomic mass is 32.2. The molecule has 0 saturated carbocycles. The maximum Gasteiger partial charge on any atom is 0.308 e. The van der Waals surface area contributed by atoms with Crippen LogP contribution in [0.25, 0.3) is 15.9 Å². The third-order valence-electron chi connectivity index (χ3n) is 5.60. The Morgan fingerprint density at radius 1 is 1.00 bits per heavy atom. The zero-order valence-corrected chi connectivity index (χ0v) is 21.7. The number of fused-ring (bicyclic) bond motifs is 1. The summed E-state index contributed by atoms with van der Waals surface area (Å²) < 4.78 is 15.1. The predicted octanol–water partition coefficient (Wildman–Crippen LogP) is 4.44. The van der Waals surface area contributed by atoms with Crippen LogP contribution in [0.4, 0.5) is 5.69 Å². The number of anilines is 1. The lowest BCUT2D eigenvalue weighted by Gasteiger charge is -2.12. The number of ether oxygens (including phenoxy) is 2. The van der Waals surface area contributed by atoms with E-state index in [2.05, 4.69) is 15.5 Å². The summed E-state index contributed by atoms with van der Waals surface area (Å²) in [6.45, 7) is 0.251. The van der Waals surface area contributed by atoms with E-state index in [9.17, 15) is 9.59 Å². The van der Waals surface area contributed by atoms with E-state index in [1.165, 1.54) is 30.2 Å². The van der Waals surface area contributed by atoms with Crippen molar-refractivity contribution in [1.29, 1.82) is 0 Å². The van der Waals surface area contributed by atoms with Crippen LogP contribution in [-0.4, -0.2) is 45.2 Å². The lowest BCUT2D eigenvalue weighted by molar-refractivity contribution is -0.113. The van der Waals surface area contributed by atoms with Crippen molar-refractivity contribution in [3.8, 4) is 17.2 Å². The first-order valence-corrected chi connectivity index (χ1v) is 13.1. The number of thiazole rings is 1. The molecular weight excluding hydrogens is 510 g/mol. The van der Waals surface area contributed by atoms with Crippen LogP contribution >= 0.6 is 23.1 Å². The van der Waals surface area contributed by atoms with E-state index in [1.807, 2.05) is 59.2 Å². The Bertz CT molecular complexity index is 1610. The van der Waals surface area contributed by atoms with Crippen LogP contribution in [0.3, 0.4) is 0 Å². The van der Waals surface area contributed by atoms with Gasteiger partial charge in [0.1, 0.15) is 11.5 Å². The van der Waals surface area contributed by atoms with E-state index in [1.54, 1.807) is 29.9 Å². The van der Waals surface area contributed by atoms with E-state index in [-0.39, 0.29) is 23.1 Å². The number of para-hydroxylation sites is 2. The van der Waals surface area contributed by atoms with Gasteiger partial charge in [0, 0.05) is 11.8 Å². The molecule has 37 heavy (non-hydrogen) atoms. The van der Waals surface area contributed by atoms with Crippen LogP contribution in [0.2, 0.25) is 0 Å². The number of methoxy groups -OCH3 is 2. The van der Waals surface area contributed by atoms with Crippen molar-refractivity contribution in [2.24, 2.45) is 0 Å². The van der Waals surface area contributed by atoms with Gasteiger partial charge in [0.2, 0.25) is 5.91 Å². The highest BCUT2D eigenvalue weighted by molar-refractivity contribution is 7.99. The summed E-state index contributed by atoms with van der Waals surface area (Å²) in [5, 5.41) is 12.2. The van der Waals surface area contributed by atoms with Crippen LogP contribution < -0.4 is 19.7 Å². The van der Waals surface area contributed by atoms with E-state index < -0.39 is 0 Å². The van der Waals surface area contributed by atoms with Crippen LogP contribution in [0, 0.1) is 0 Å². The number of rotatable bonds is 9. The molecule has 1 N–H and O–H groups in total. The van der Waals surface area contributed by atoms with Crippen molar-refractivity contribution in [3.05, 3.63) is 88.3 Å². The number of hydrogen-bond acceptors (Lipinski definition) is 8. The van der Waals surface area contributed by atoms with Crippen LogP contribution in [-0.2, 0) is 11.3 Å². The molecule has 0 bridgehead atoms. The largest absolute Gasteiger partial charge is 0.497 e. The molecule has 2 heterocycles. The van der Waals surface area contributed by atoms with Gasteiger partial charge in [-0.05, 0) is 36.4 Å². The van der Waals surface area contributed by atoms with Crippen molar-refractivity contribution in [1.82, 2.24) is 19.3 Å². The van der Waals surface area contributed by atoms with E-state index >= 15 is 0 Å².